The molecule has 6 rings (SSSR count). The Hall–Kier alpha value is -0.520. The van der Waals surface area contributed by atoms with Crippen LogP contribution in [0.1, 0.15) is 304 Å². The molecular weight excluding hydrogens is 1160 g/mol. The second kappa shape index (κ2) is 34.6. The van der Waals surface area contributed by atoms with Gasteiger partial charge in [0.15, 0.2) is 0 Å². The highest BCUT2D eigenvalue weighted by atomic mass is 16.3. The Morgan fingerprint density at radius 3 is 0.649 bits per heavy atom. The molecule has 13 heteroatoms. The van der Waals surface area contributed by atoms with Crippen LogP contribution in [0.5, 0.6) is 0 Å². The van der Waals surface area contributed by atoms with E-state index in [1.165, 1.54) is 91.5 Å². The molecule has 0 spiro atoms. The van der Waals surface area contributed by atoms with Gasteiger partial charge in [0.2, 0.25) is 0 Å². The van der Waals surface area contributed by atoms with Gasteiger partial charge in [-0.15, -0.1) is 0 Å². The number of aliphatic hydroxyl groups excluding tert-OH is 1. The fraction of sp³-hybridized carbons (Fsp3) is 1.00. The molecule has 6 heterocycles. The molecule has 6 saturated heterocycles. The molecule has 0 amide bonds. The Kier molecular flexibility index (Phi) is 33.7. The van der Waals surface area contributed by atoms with Crippen molar-refractivity contribution >= 4 is 0 Å². The van der Waals surface area contributed by atoms with E-state index in [2.05, 4.69) is 357 Å². The first kappa shape index (κ1) is 91.5. The summed E-state index contributed by atoms with van der Waals surface area (Å²) in [4.78, 5) is 31.2. The van der Waals surface area contributed by atoms with Gasteiger partial charge in [-0.25, -0.2) is 0 Å². The fourth-order valence-electron chi connectivity index (χ4n) is 16.5. The Morgan fingerprint density at radius 2 is 0.436 bits per heavy atom. The number of piperazine rings is 6. The molecule has 0 aromatic rings. The van der Waals surface area contributed by atoms with Crippen molar-refractivity contribution in [2.75, 3.05) is 111 Å². The predicted molar refractivity (Wildman–Crippen MR) is 419 cm³/mol. The average Bonchev–Trinajstić information content (AvgIpc) is 0.827. The largest absolute Gasteiger partial charge is 0.395 e. The maximum atomic E-state index is 9.54. The Labute approximate surface area is 591 Å². The molecule has 6 aliphatic rings. The van der Waals surface area contributed by atoms with E-state index >= 15 is 0 Å². The molecule has 6 fully saturated rings. The van der Waals surface area contributed by atoms with Crippen LogP contribution in [-0.2, 0) is 0 Å². The molecule has 6 aliphatic heterocycles. The first-order valence-electron chi connectivity index (χ1n) is 38.4. The highest BCUT2D eigenvalue weighted by Crippen LogP contribution is 2.33. The standard InChI is InChI=1S/3C14H30N2.C13H28N2O.2C13H28N2/c1-11-9-16(14(6,7)8)12(2)10-15(11)13(3,4)5;1-11-9-15(13(3,4)5)10-12(2)16(11)14(6,7)8;1-8-12-11-15(13(2,3)4)9-10-16(12)14(5,6)7;1-12(2,3)14-7-8-15(13(4,5)6)11(9-14)10-16;2*1-11-10-14(12(2,3)4)8-9-15(11)13(5,6)7/h2*11-12H,9-10H2,1-8H3;12H,8-11H2,1-7H3;11,16H,7-10H2,1-6H3;2*11H,8-10H2,1-7H3. The van der Waals surface area contributed by atoms with Gasteiger partial charge in [0.1, 0.15) is 0 Å². The van der Waals surface area contributed by atoms with Crippen LogP contribution in [0.15, 0.2) is 0 Å². The van der Waals surface area contributed by atoms with Crippen molar-refractivity contribution in [1.82, 2.24) is 58.8 Å². The van der Waals surface area contributed by atoms with E-state index in [0.29, 0.717) is 81.1 Å². The van der Waals surface area contributed by atoms with Crippen molar-refractivity contribution in [2.45, 2.75) is 419 Å². The highest BCUT2D eigenvalue weighted by Gasteiger charge is 2.43. The quantitative estimate of drug-likeness (QED) is 0.286. The highest BCUT2D eigenvalue weighted by molar-refractivity contribution is 4.99. The lowest BCUT2D eigenvalue weighted by Crippen LogP contribution is -2.65. The van der Waals surface area contributed by atoms with E-state index in [1.54, 1.807) is 0 Å². The summed E-state index contributed by atoms with van der Waals surface area (Å²) in [5.74, 6) is 0. The summed E-state index contributed by atoms with van der Waals surface area (Å²) in [6, 6.07) is 4.90. The predicted octanol–water partition coefficient (Wildman–Crippen LogP) is 15.7. The lowest BCUT2D eigenvalue weighted by atomic mass is 9.94. The molecule has 564 valence electrons. The molecule has 94 heavy (non-hydrogen) atoms. The SMILES string of the molecule is CC(C)(C)N1CCN(C(C)(C)C)C(CO)C1.CC1CN(C(C)(C)C)C(C)CN1C(C)(C)C.CC1CN(C(C)(C)C)CC(C)N1C(C)(C)C.CC1CN(C(C)(C)C)CCN1C(C)(C)C.CC1CN(C(C)(C)C)CCN1C(C)(C)C.CCC1CN(C(C)(C)C)CCN1C(C)(C)C. The van der Waals surface area contributed by atoms with E-state index in [9.17, 15) is 5.11 Å². The fourth-order valence-corrected chi connectivity index (χ4v) is 16.5. The molecule has 8 atom stereocenters. The van der Waals surface area contributed by atoms with E-state index in [1.807, 2.05) is 0 Å². The average molecular weight is 1330 g/mol. The third-order valence-electron chi connectivity index (χ3n) is 21.5. The Morgan fingerprint density at radius 1 is 0.223 bits per heavy atom. The summed E-state index contributed by atoms with van der Waals surface area (Å²) >= 11 is 0. The molecule has 0 aromatic heterocycles. The van der Waals surface area contributed by atoms with Gasteiger partial charge in [-0.05, 0) is 297 Å². The molecule has 1 N–H and O–H groups in total. The van der Waals surface area contributed by atoms with Crippen LogP contribution in [0.4, 0.5) is 0 Å². The maximum absolute atomic E-state index is 9.54. The summed E-state index contributed by atoms with van der Waals surface area (Å²) in [6.45, 7) is 118. The molecule has 13 nitrogen and oxygen atoms in total. The van der Waals surface area contributed by atoms with Crippen molar-refractivity contribution in [3.63, 3.8) is 0 Å². The minimum Gasteiger partial charge on any atom is -0.395 e. The summed E-state index contributed by atoms with van der Waals surface area (Å²) < 4.78 is 0. The Balaban J connectivity index is 0.000000564. The van der Waals surface area contributed by atoms with Crippen molar-refractivity contribution < 1.29 is 5.11 Å². The third-order valence-corrected chi connectivity index (χ3v) is 21.5. The number of aliphatic hydroxyl groups is 1. The molecule has 0 aromatic carbocycles. The van der Waals surface area contributed by atoms with Gasteiger partial charge in [0.25, 0.3) is 0 Å². The van der Waals surface area contributed by atoms with Gasteiger partial charge in [-0.3, -0.25) is 58.8 Å². The maximum Gasteiger partial charge on any atom is 0.0599 e. The van der Waals surface area contributed by atoms with Crippen LogP contribution in [0.2, 0.25) is 0 Å². The van der Waals surface area contributed by atoms with Crippen LogP contribution in [0.25, 0.3) is 0 Å². The van der Waals surface area contributed by atoms with Crippen molar-refractivity contribution in [2.24, 2.45) is 0 Å². The summed E-state index contributed by atoms with van der Waals surface area (Å²) in [5, 5.41) is 9.54. The third kappa shape index (κ3) is 29.4. The Bertz CT molecular complexity index is 1950. The lowest BCUT2D eigenvalue weighted by Gasteiger charge is -2.53. The number of rotatable bonds is 2. The monoisotopic (exact) mass is 1330 g/mol. The second-order valence-corrected chi connectivity index (χ2v) is 42.2. The van der Waals surface area contributed by atoms with Crippen LogP contribution in [-0.4, -0.2) is 290 Å². The summed E-state index contributed by atoms with van der Waals surface area (Å²) in [7, 11) is 0. The van der Waals surface area contributed by atoms with E-state index < -0.39 is 0 Å². The zero-order valence-corrected chi connectivity index (χ0v) is 72.2. The smallest absolute Gasteiger partial charge is 0.0599 e. The molecule has 8 unspecified atom stereocenters. The van der Waals surface area contributed by atoms with Gasteiger partial charge < -0.3 is 5.11 Å². The molecule has 0 saturated carbocycles. The van der Waals surface area contributed by atoms with E-state index in [0.717, 1.165) is 19.6 Å². The summed E-state index contributed by atoms with van der Waals surface area (Å²) in [5.41, 5.74) is 3.39. The molecule has 0 bridgehead atoms. The van der Waals surface area contributed by atoms with Gasteiger partial charge in [-0.1, -0.05) is 6.92 Å². The van der Waals surface area contributed by atoms with E-state index in [-0.39, 0.29) is 40.3 Å². The van der Waals surface area contributed by atoms with Crippen LogP contribution in [0.3, 0.4) is 0 Å². The van der Waals surface area contributed by atoms with Crippen LogP contribution < -0.4 is 0 Å². The molecular formula is C81H174N12O. The van der Waals surface area contributed by atoms with Crippen LogP contribution in [0, 0.1) is 0 Å². The number of hydrogen-bond acceptors (Lipinski definition) is 13. The minimum absolute atomic E-state index is 0.150. The normalized spacial score (nSPS) is 28.0. The molecule has 0 aliphatic carbocycles. The van der Waals surface area contributed by atoms with Gasteiger partial charge in [0, 0.05) is 220 Å². The molecule has 0 radical (unpaired) electrons. The van der Waals surface area contributed by atoms with E-state index in [4.69, 9.17) is 0 Å². The number of hydrogen-bond donors (Lipinski definition) is 1. The second-order valence-electron chi connectivity index (χ2n) is 42.2. The zero-order valence-electron chi connectivity index (χ0n) is 72.2. The van der Waals surface area contributed by atoms with Crippen molar-refractivity contribution in [1.29, 1.82) is 0 Å². The first-order valence-corrected chi connectivity index (χ1v) is 38.4. The van der Waals surface area contributed by atoms with Crippen LogP contribution >= 0.6 is 0 Å². The van der Waals surface area contributed by atoms with Gasteiger partial charge in [-0.2, -0.15) is 0 Å². The first-order chi connectivity index (χ1) is 41.6. The van der Waals surface area contributed by atoms with Gasteiger partial charge in [0.05, 0.1) is 6.61 Å². The summed E-state index contributed by atoms with van der Waals surface area (Å²) in [6.07, 6.45) is 1.25. The topological polar surface area (TPSA) is 59.1 Å². The van der Waals surface area contributed by atoms with Crippen molar-refractivity contribution in [3.8, 4) is 0 Å². The lowest BCUT2D eigenvalue weighted by molar-refractivity contribution is -0.0500. The zero-order chi connectivity index (χ0) is 74.3. The number of nitrogens with zero attached hydrogens (tertiary/aromatic N) is 12. The minimum atomic E-state index is 0.150. The van der Waals surface area contributed by atoms with Gasteiger partial charge >= 0.3 is 0 Å². The van der Waals surface area contributed by atoms with Crippen molar-refractivity contribution in [3.05, 3.63) is 0 Å².